The van der Waals surface area contributed by atoms with E-state index in [0.29, 0.717) is 12.5 Å². The fourth-order valence-corrected chi connectivity index (χ4v) is 1.74. The maximum Gasteiger partial charge on any atom is 0.416 e. The summed E-state index contributed by atoms with van der Waals surface area (Å²) in [5.41, 5.74) is 0.128. The van der Waals surface area contributed by atoms with Crippen LogP contribution in [-0.4, -0.2) is 44.6 Å². The van der Waals surface area contributed by atoms with Gasteiger partial charge < -0.3 is 15.5 Å². The summed E-state index contributed by atoms with van der Waals surface area (Å²) >= 11 is 0. The Balaban J connectivity index is 0.00000484. The predicted octanol–water partition coefficient (Wildman–Crippen LogP) is 2.94. The molecule has 0 bridgehead atoms. The molecule has 0 aliphatic rings. The summed E-state index contributed by atoms with van der Waals surface area (Å²) in [6.07, 6.45) is -4.30. The van der Waals surface area contributed by atoms with Crippen molar-refractivity contribution in [2.24, 2.45) is 4.99 Å². The Morgan fingerprint density at radius 2 is 1.78 bits per heavy atom. The van der Waals surface area contributed by atoms with Gasteiger partial charge in [0, 0.05) is 26.7 Å². The number of nitrogens with zero attached hydrogens (tertiary/aromatic N) is 2. The third kappa shape index (κ3) is 8.40. The topological polar surface area (TPSA) is 39.7 Å². The monoisotopic (exact) mass is 444 g/mol. The number of aliphatic imine (C=N–C) groups is 1. The molecule has 0 aliphatic heterocycles. The molecule has 8 heteroatoms. The lowest BCUT2D eigenvalue weighted by molar-refractivity contribution is -0.137. The van der Waals surface area contributed by atoms with Crippen LogP contribution >= 0.6 is 24.0 Å². The number of likely N-dealkylation sites (N-methyl/N-ethyl adjacent to an activating group) is 1. The summed E-state index contributed by atoms with van der Waals surface area (Å²) in [5.74, 6) is 0.629. The zero-order valence-corrected chi connectivity index (χ0v) is 15.9. The molecule has 0 saturated carbocycles. The molecular formula is C15H24F3IN4. The van der Waals surface area contributed by atoms with Crippen molar-refractivity contribution in [2.45, 2.75) is 19.6 Å². The van der Waals surface area contributed by atoms with E-state index in [2.05, 4.69) is 27.4 Å². The number of halogens is 4. The third-order valence-corrected chi connectivity index (χ3v) is 3.29. The Morgan fingerprint density at radius 1 is 1.17 bits per heavy atom. The highest BCUT2D eigenvalue weighted by atomic mass is 127. The molecular weight excluding hydrogens is 420 g/mol. The lowest BCUT2D eigenvalue weighted by Gasteiger charge is -2.16. The van der Waals surface area contributed by atoms with Gasteiger partial charge in [-0.1, -0.05) is 19.1 Å². The van der Waals surface area contributed by atoms with E-state index in [0.717, 1.165) is 37.3 Å². The smallest absolute Gasteiger partial charge is 0.355 e. The van der Waals surface area contributed by atoms with Crippen molar-refractivity contribution in [2.75, 3.05) is 33.7 Å². The molecule has 2 N–H and O–H groups in total. The van der Waals surface area contributed by atoms with Crippen LogP contribution in [0.3, 0.4) is 0 Å². The molecule has 0 aromatic heterocycles. The van der Waals surface area contributed by atoms with E-state index in [1.807, 2.05) is 7.05 Å². The van der Waals surface area contributed by atoms with Gasteiger partial charge in [-0.3, -0.25) is 4.99 Å². The lowest BCUT2D eigenvalue weighted by atomic mass is 10.1. The SMILES string of the molecule is CCN(C)CCNC(=NC)NCc1ccc(C(F)(F)F)cc1.I. The van der Waals surface area contributed by atoms with Crippen molar-refractivity contribution in [1.82, 2.24) is 15.5 Å². The van der Waals surface area contributed by atoms with E-state index in [1.165, 1.54) is 12.1 Å². The van der Waals surface area contributed by atoms with E-state index in [1.54, 1.807) is 7.05 Å². The van der Waals surface area contributed by atoms with E-state index in [-0.39, 0.29) is 24.0 Å². The maximum absolute atomic E-state index is 12.5. The average molecular weight is 444 g/mol. The van der Waals surface area contributed by atoms with Crippen molar-refractivity contribution >= 4 is 29.9 Å². The fourth-order valence-electron chi connectivity index (χ4n) is 1.74. The van der Waals surface area contributed by atoms with Gasteiger partial charge >= 0.3 is 6.18 Å². The van der Waals surface area contributed by atoms with Gasteiger partial charge in [0.2, 0.25) is 0 Å². The number of alkyl halides is 3. The van der Waals surface area contributed by atoms with Crippen LogP contribution in [0.25, 0.3) is 0 Å². The van der Waals surface area contributed by atoms with Gasteiger partial charge in [0.15, 0.2) is 5.96 Å². The van der Waals surface area contributed by atoms with Crippen molar-refractivity contribution in [3.63, 3.8) is 0 Å². The molecule has 0 saturated heterocycles. The summed E-state index contributed by atoms with van der Waals surface area (Å²) in [5, 5.41) is 6.23. The highest BCUT2D eigenvalue weighted by Gasteiger charge is 2.29. The molecule has 0 heterocycles. The van der Waals surface area contributed by atoms with Crippen LogP contribution in [0.2, 0.25) is 0 Å². The minimum atomic E-state index is -4.30. The first kappa shape index (κ1) is 22.0. The average Bonchev–Trinajstić information content (AvgIpc) is 2.49. The largest absolute Gasteiger partial charge is 0.416 e. The van der Waals surface area contributed by atoms with Crippen LogP contribution in [0.4, 0.5) is 13.2 Å². The number of guanidine groups is 1. The lowest BCUT2D eigenvalue weighted by Crippen LogP contribution is -2.40. The van der Waals surface area contributed by atoms with Crippen LogP contribution < -0.4 is 10.6 Å². The quantitative estimate of drug-likeness (QED) is 0.403. The third-order valence-electron chi connectivity index (χ3n) is 3.29. The van der Waals surface area contributed by atoms with Gasteiger partial charge in [0.05, 0.1) is 5.56 Å². The standard InChI is InChI=1S/C15H23F3N4.HI/c1-4-22(3)10-9-20-14(19-2)21-11-12-5-7-13(8-6-12)15(16,17)18;/h5-8H,4,9-11H2,1-3H3,(H2,19,20,21);1H. The van der Waals surface area contributed by atoms with Crippen LogP contribution in [0.15, 0.2) is 29.3 Å². The van der Waals surface area contributed by atoms with Crippen LogP contribution in [0, 0.1) is 0 Å². The second-order valence-electron chi connectivity index (χ2n) is 4.94. The molecule has 0 atom stereocenters. The van der Waals surface area contributed by atoms with Gasteiger partial charge in [-0.15, -0.1) is 24.0 Å². The van der Waals surface area contributed by atoms with Crippen molar-refractivity contribution in [3.05, 3.63) is 35.4 Å². The molecule has 4 nitrogen and oxygen atoms in total. The first-order valence-corrected chi connectivity index (χ1v) is 7.16. The van der Waals surface area contributed by atoms with Gasteiger partial charge in [0.25, 0.3) is 0 Å². The first-order valence-electron chi connectivity index (χ1n) is 7.16. The minimum absolute atomic E-state index is 0. The first-order chi connectivity index (χ1) is 10.4. The summed E-state index contributed by atoms with van der Waals surface area (Å²) < 4.78 is 37.4. The molecule has 0 spiro atoms. The normalized spacial score (nSPS) is 12.0. The molecule has 1 aromatic rings. The number of hydrogen-bond donors (Lipinski definition) is 2. The summed E-state index contributed by atoms with van der Waals surface area (Å²) in [6, 6.07) is 5.11. The van der Waals surface area contributed by atoms with Gasteiger partial charge in [-0.05, 0) is 31.3 Å². The highest BCUT2D eigenvalue weighted by Crippen LogP contribution is 2.28. The highest BCUT2D eigenvalue weighted by molar-refractivity contribution is 14.0. The molecule has 0 amide bonds. The Kier molecular flexibility index (Phi) is 10.2. The molecule has 0 fully saturated rings. The summed E-state index contributed by atoms with van der Waals surface area (Å²) in [4.78, 5) is 6.24. The van der Waals surface area contributed by atoms with Crippen LogP contribution in [0.1, 0.15) is 18.1 Å². The minimum Gasteiger partial charge on any atom is -0.355 e. The second-order valence-corrected chi connectivity index (χ2v) is 4.94. The van der Waals surface area contributed by atoms with Crippen LogP contribution in [0.5, 0.6) is 0 Å². The summed E-state index contributed by atoms with van der Waals surface area (Å²) in [6.45, 7) is 5.10. The maximum atomic E-state index is 12.5. The van der Waals surface area contributed by atoms with E-state index in [9.17, 15) is 13.2 Å². The molecule has 0 unspecified atom stereocenters. The molecule has 0 aliphatic carbocycles. The summed E-state index contributed by atoms with van der Waals surface area (Å²) in [7, 11) is 3.69. The van der Waals surface area contributed by atoms with Gasteiger partial charge in [-0.2, -0.15) is 13.2 Å². The number of benzene rings is 1. The molecule has 1 rings (SSSR count). The number of nitrogens with one attached hydrogen (secondary N) is 2. The van der Waals surface area contributed by atoms with Gasteiger partial charge in [-0.25, -0.2) is 0 Å². The number of rotatable bonds is 6. The van der Waals surface area contributed by atoms with Crippen LogP contribution in [-0.2, 0) is 12.7 Å². The van der Waals surface area contributed by atoms with E-state index < -0.39 is 11.7 Å². The van der Waals surface area contributed by atoms with E-state index >= 15 is 0 Å². The fraction of sp³-hybridized carbons (Fsp3) is 0.533. The number of hydrogen-bond acceptors (Lipinski definition) is 2. The van der Waals surface area contributed by atoms with Crippen molar-refractivity contribution in [1.29, 1.82) is 0 Å². The molecule has 23 heavy (non-hydrogen) atoms. The molecule has 1 aromatic carbocycles. The molecule has 0 radical (unpaired) electrons. The molecule has 132 valence electrons. The zero-order valence-electron chi connectivity index (χ0n) is 13.6. The Labute approximate surface area is 152 Å². The van der Waals surface area contributed by atoms with Gasteiger partial charge in [0.1, 0.15) is 0 Å². The Bertz CT molecular complexity index is 475. The van der Waals surface area contributed by atoms with Crippen molar-refractivity contribution < 1.29 is 13.2 Å². The Hall–Kier alpha value is -1.03. The zero-order chi connectivity index (χ0) is 16.6. The second kappa shape index (κ2) is 10.7. The van der Waals surface area contributed by atoms with Crippen molar-refractivity contribution in [3.8, 4) is 0 Å². The predicted molar refractivity (Wildman–Crippen MR) is 98.2 cm³/mol. The Morgan fingerprint density at radius 3 is 2.26 bits per heavy atom. The van der Waals surface area contributed by atoms with E-state index in [4.69, 9.17) is 0 Å².